The fourth-order valence-electron chi connectivity index (χ4n) is 2.85. The van der Waals surface area contributed by atoms with Crippen LogP contribution in [0.4, 0.5) is 0 Å². The van der Waals surface area contributed by atoms with Crippen molar-refractivity contribution in [2.75, 3.05) is 0 Å². The molecule has 0 fully saturated rings. The van der Waals surface area contributed by atoms with E-state index >= 15 is 0 Å². The second-order valence-corrected chi connectivity index (χ2v) is 5.90. The summed E-state index contributed by atoms with van der Waals surface area (Å²) in [5.41, 5.74) is -0.0677. The number of esters is 2. The number of carbonyl (C=O) groups excluding carboxylic acids is 2. The van der Waals surface area contributed by atoms with Crippen LogP contribution in [0.2, 0.25) is 0 Å². The summed E-state index contributed by atoms with van der Waals surface area (Å²) in [6, 6.07) is 23.1. The Morgan fingerprint density at radius 3 is 1.86 bits per heavy atom. The molecule has 1 heterocycles. The van der Waals surface area contributed by atoms with Crippen LogP contribution in [0.15, 0.2) is 85.1 Å². The predicted molar refractivity (Wildman–Crippen MR) is 107 cm³/mol. The fraction of sp³-hybridized carbons (Fsp3) is 0.136. The number of hydrogen-bond donors (Lipinski definition) is 0. The van der Waals surface area contributed by atoms with Gasteiger partial charge in [0.2, 0.25) is 0 Å². The summed E-state index contributed by atoms with van der Waals surface area (Å²) in [6.07, 6.45) is 1.62. The van der Waals surface area contributed by atoms with Crippen molar-refractivity contribution in [1.82, 2.24) is 4.98 Å². The van der Waals surface area contributed by atoms with Crippen LogP contribution in [0.25, 0.3) is 0 Å². The molecule has 0 aliphatic rings. The van der Waals surface area contributed by atoms with Crippen molar-refractivity contribution in [2.24, 2.45) is 0 Å². The molecule has 144 valence electrons. The molecule has 0 spiro atoms. The van der Waals surface area contributed by atoms with E-state index in [9.17, 15) is 9.59 Å². The molecule has 0 amide bonds. The van der Waals surface area contributed by atoms with E-state index in [4.69, 9.17) is 9.47 Å². The molecule has 0 bridgehead atoms. The molecule has 3 aromatic rings. The monoisotopic (exact) mass is 397 g/mol. The largest absolute Gasteiger partial charge is 0.456 e. The molecule has 0 saturated carbocycles. The van der Waals surface area contributed by atoms with Gasteiger partial charge in [0.1, 0.15) is 6.61 Å². The highest BCUT2D eigenvalue weighted by molar-refractivity contribution is 5.88. The minimum atomic E-state index is -1.69. The molecule has 0 atom stereocenters. The van der Waals surface area contributed by atoms with Gasteiger partial charge in [-0.1, -0.05) is 66.7 Å². The Bertz CT molecular complexity index is 862. The molecule has 0 aliphatic heterocycles. The molecule has 0 aliphatic carbocycles. The van der Waals surface area contributed by atoms with Gasteiger partial charge in [-0.15, -0.1) is 12.4 Å². The lowest BCUT2D eigenvalue weighted by atomic mass is 9.86. The van der Waals surface area contributed by atoms with Gasteiger partial charge in [0.25, 0.3) is 5.60 Å². The molecule has 3 rings (SSSR count). The third kappa shape index (κ3) is 4.56. The topological polar surface area (TPSA) is 65.5 Å². The predicted octanol–water partition coefficient (Wildman–Crippen LogP) is 4.05. The molecule has 0 unspecified atom stereocenters. The van der Waals surface area contributed by atoms with Crippen LogP contribution in [0.5, 0.6) is 0 Å². The van der Waals surface area contributed by atoms with Crippen molar-refractivity contribution in [3.8, 4) is 0 Å². The summed E-state index contributed by atoms with van der Waals surface area (Å²) in [4.78, 5) is 29.3. The van der Waals surface area contributed by atoms with Gasteiger partial charge in [-0.3, -0.25) is 9.78 Å². The molecular formula is C22H20ClNO4. The Hall–Kier alpha value is -3.18. The number of nitrogens with zero attached hydrogens (tertiary/aromatic N) is 1. The fourth-order valence-corrected chi connectivity index (χ4v) is 2.85. The average molecular weight is 398 g/mol. The van der Waals surface area contributed by atoms with Crippen LogP contribution < -0.4 is 0 Å². The summed E-state index contributed by atoms with van der Waals surface area (Å²) in [5.74, 6) is -1.27. The molecule has 0 radical (unpaired) electrons. The first-order chi connectivity index (χ1) is 13.1. The van der Waals surface area contributed by atoms with Crippen LogP contribution in [0.1, 0.15) is 23.7 Å². The number of pyridine rings is 1. The lowest BCUT2D eigenvalue weighted by molar-refractivity contribution is -0.179. The van der Waals surface area contributed by atoms with E-state index in [1.165, 1.54) is 6.92 Å². The zero-order valence-electron chi connectivity index (χ0n) is 15.3. The van der Waals surface area contributed by atoms with E-state index in [2.05, 4.69) is 4.98 Å². The highest BCUT2D eigenvalue weighted by Gasteiger charge is 2.47. The quantitative estimate of drug-likeness (QED) is 0.587. The normalized spacial score (nSPS) is 10.5. The van der Waals surface area contributed by atoms with Crippen molar-refractivity contribution >= 4 is 24.3 Å². The molecule has 6 heteroatoms. The Morgan fingerprint density at radius 2 is 1.39 bits per heavy atom. The van der Waals surface area contributed by atoms with Crippen LogP contribution in [0.3, 0.4) is 0 Å². The van der Waals surface area contributed by atoms with Gasteiger partial charge in [-0.05, 0) is 12.1 Å². The third-order valence-corrected chi connectivity index (χ3v) is 4.02. The Morgan fingerprint density at radius 1 is 0.857 bits per heavy atom. The van der Waals surface area contributed by atoms with Crippen molar-refractivity contribution in [3.05, 3.63) is 102 Å². The molecule has 0 saturated heterocycles. The van der Waals surface area contributed by atoms with E-state index in [0.717, 1.165) is 0 Å². The maximum absolute atomic E-state index is 13.2. The maximum Gasteiger partial charge on any atom is 0.360 e. The smallest absolute Gasteiger partial charge is 0.360 e. The zero-order chi connectivity index (χ0) is 19.1. The number of aromatic nitrogens is 1. The van der Waals surface area contributed by atoms with Crippen LogP contribution in [0, 0.1) is 0 Å². The number of carbonyl (C=O) groups is 2. The minimum Gasteiger partial charge on any atom is -0.456 e. The Labute approximate surface area is 169 Å². The lowest BCUT2D eigenvalue weighted by Gasteiger charge is -2.31. The van der Waals surface area contributed by atoms with Gasteiger partial charge in [0, 0.05) is 24.2 Å². The number of rotatable bonds is 6. The zero-order valence-corrected chi connectivity index (χ0v) is 16.1. The SMILES string of the molecule is CC(=O)OC(C(=O)OCc1ccccn1)(c1ccccc1)c1ccccc1.Cl. The van der Waals surface area contributed by atoms with Gasteiger partial charge >= 0.3 is 11.9 Å². The maximum atomic E-state index is 13.2. The van der Waals surface area contributed by atoms with Crippen molar-refractivity contribution in [2.45, 2.75) is 19.1 Å². The molecule has 5 nitrogen and oxygen atoms in total. The van der Waals surface area contributed by atoms with Crippen LogP contribution in [-0.2, 0) is 31.3 Å². The highest BCUT2D eigenvalue weighted by Crippen LogP contribution is 2.35. The molecule has 2 aromatic carbocycles. The first-order valence-electron chi connectivity index (χ1n) is 8.50. The van der Waals surface area contributed by atoms with E-state index < -0.39 is 17.5 Å². The number of benzene rings is 2. The molecule has 0 N–H and O–H groups in total. The summed E-state index contributed by atoms with van der Waals surface area (Å²) in [5, 5.41) is 0. The number of hydrogen-bond acceptors (Lipinski definition) is 5. The van der Waals surface area contributed by atoms with Gasteiger partial charge in [0.15, 0.2) is 0 Å². The average Bonchev–Trinajstić information content (AvgIpc) is 2.72. The highest BCUT2D eigenvalue weighted by atomic mass is 35.5. The van der Waals surface area contributed by atoms with E-state index in [1.54, 1.807) is 66.9 Å². The van der Waals surface area contributed by atoms with Gasteiger partial charge in [-0.2, -0.15) is 0 Å². The van der Waals surface area contributed by atoms with Crippen molar-refractivity contribution in [3.63, 3.8) is 0 Å². The standard InChI is InChI=1S/C22H19NO4.ClH/c1-17(24)27-22(18-10-4-2-5-11-18,19-12-6-3-7-13-19)21(25)26-16-20-14-8-9-15-23-20;/h2-15H,16H2,1H3;1H. The van der Waals surface area contributed by atoms with Crippen molar-refractivity contribution < 1.29 is 19.1 Å². The van der Waals surface area contributed by atoms with Gasteiger partial charge in [0.05, 0.1) is 5.69 Å². The lowest BCUT2D eigenvalue weighted by Crippen LogP contribution is -2.42. The van der Waals surface area contributed by atoms with E-state index in [0.29, 0.717) is 16.8 Å². The second kappa shape index (κ2) is 9.67. The van der Waals surface area contributed by atoms with Crippen LogP contribution >= 0.6 is 12.4 Å². The Balaban J connectivity index is 0.00000280. The summed E-state index contributed by atoms with van der Waals surface area (Å²) in [7, 11) is 0. The summed E-state index contributed by atoms with van der Waals surface area (Å²) in [6.45, 7) is 1.25. The van der Waals surface area contributed by atoms with Gasteiger partial charge in [-0.25, -0.2) is 4.79 Å². The number of halogens is 1. The third-order valence-electron chi connectivity index (χ3n) is 4.02. The number of ether oxygens (including phenoxy) is 2. The van der Waals surface area contributed by atoms with Gasteiger partial charge < -0.3 is 9.47 Å². The minimum absolute atomic E-state index is 0. The summed E-state index contributed by atoms with van der Waals surface area (Å²) >= 11 is 0. The summed E-state index contributed by atoms with van der Waals surface area (Å²) < 4.78 is 11.2. The van der Waals surface area contributed by atoms with Crippen molar-refractivity contribution in [1.29, 1.82) is 0 Å². The van der Waals surface area contributed by atoms with E-state index in [1.807, 2.05) is 18.2 Å². The molecular weight excluding hydrogens is 378 g/mol. The van der Waals surface area contributed by atoms with E-state index in [-0.39, 0.29) is 19.0 Å². The molecule has 28 heavy (non-hydrogen) atoms. The Kier molecular flexibility index (Phi) is 7.29. The first-order valence-corrected chi connectivity index (χ1v) is 8.50. The first kappa shape index (κ1) is 21.1. The molecule has 1 aromatic heterocycles. The van der Waals surface area contributed by atoms with Crippen LogP contribution in [-0.4, -0.2) is 16.9 Å². The second-order valence-electron chi connectivity index (χ2n) is 5.90.